The molecule has 86 valence electrons. The van der Waals surface area contributed by atoms with Gasteiger partial charge in [-0.3, -0.25) is 9.69 Å². The second kappa shape index (κ2) is 3.27. The summed E-state index contributed by atoms with van der Waals surface area (Å²) in [4.78, 5) is 13.6. The van der Waals surface area contributed by atoms with Gasteiger partial charge in [0.1, 0.15) is 0 Å². The van der Waals surface area contributed by atoms with E-state index in [2.05, 4.69) is 24.0 Å². The maximum absolute atomic E-state index is 12.0. The van der Waals surface area contributed by atoms with Crippen molar-refractivity contribution in [1.82, 2.24) is 10.2 Å². The van der Waals surface area contributed by atoms with Crippen molar-refractivity contribution in [2.24, 2.45) is 0 Å². The average molecular weight is 219 g/mol. The van der Waals surface area contributed by atoms with E-state index in [-0.39, 0.29) is 5.91 Å². The molecule has 0 radical (unpaired) electrons. The van der Waals surface area contributed by atoms with Crippen LogP contribution in [0.5, 0.6) is 0 Å². The minimum atomic E-state index is -0.482. The Kier molecular flexibility index (Phi) is 2.26. The molecule has 2 rings (SSSR count). The van der Waals surface area contributed by atoms with Crippen LogP contribution in [-0.2, 0) is 10.2 Å². The lowest BCUT2D eigenvalue weighted by Crippen LogP contribution is -2.33. The van der Waals surface area contributed by atoms with Crippen molar-refractivity contribution in [3.63, 3.8) is 0 Å². The SMILES string of the molecule is CC(C)c1cc2c(nn1)N(C)C(=O)C2(C)C. The highest BCUT2D eigenvalue weighted by molar-refractivity contribution is 6.06. The Balaban J connectivity index is 2.61. The third kappa shape index (κ3) is 1.32. The highest BCUT2D eigenvalue weighted by atomic mass is 16.2. The number of likely N-dealkylation sites (N-methyl/N-ethyl adjacent to an activating group) is 1. The molecule has 2 heterocycles. The number of nitrogens with zero attached hydrogens (tertiary/aromatic N) is 3. The molecular weight excluding hydrogens is 202 g/mol. The van der Waals surface area contributed by atoms with Crippen LogP contribution >= 0.6 is 0 Å². The summed E-state index contributed by atoms with van der Waals surface area (Å²) < 4.78 is 0. The first-order chi connectivity index (χ1) is 7.35. The Labute approximate surface area is 95.7 Å². The van der Waals surface area contributed by atoms with Crippen molar-refractivity contribution < 1.29 is 4.79 Å². The van der Waals surface area contributed by atoms with Crippen molar-refractivity contribution in [3.05, 3.63) is 17.3 Å². The van der Waals surface area contributed by atoms with Crippen LogP contribution in [0.15, 0.2) is 6.07 Å². The maximum Gasteiger partial charge on any atom is 0.238 e. The zero-order valence-corrected chi connectivity index (χ0v) is 10.4. The molecular formula is C12H17N3O. The molecule has 0 aromatic carbocycles. The summed E-state index contributed by atoms with van der Waals surface area (Å²) in [5.41, 5.74) is 1.44. The van der Waals surface area contributed by atoms with Gasteiger partial charge in [0.15, 0.2) is 5.82 Å². The Morgan fingerprint density at radius 1 is 1.31 bits per heavy atom. The van der Waals surface area contributed by atoms with Crippen molar-refractivity contribution >= 4 is 11.7 Å². The number of fused-ring (bicyclic) bond motifs is 1. The maximum atomic E-state index is 12.0. The van der Waals surface area contributed by atoms with E-state index in [0.717, 1.165) is 11.3 Å². The van der Waals surface area contributed by atoms with Gasteiger partial charge in [-0.25, -0.2) is 0 Å². The molecule has 16 heavy (non-hydrogen) atoms. The zero-order valence-electron chi connectivity index (χ0n) is 10.4. The monoisotopic (exact) mass is 219 g/mol. The van der Waals surface area contributed by atoms with E-state index in [9.17, 15) is 4.79 Å². The van der Waals surface area contributed by atoms with E-state index < -0.39 is 5.41 Å². The number of hydrogen-bond acceptors (Lipinski definition) is 3. The molecule has 4 heteroatoms. The van der Waals surface area contributed by atoms with Crippen LogP contribution in [0.2, 0.25) is 0 Å². The van der Waals surface area contributed by atoms with Gasteiger partial charge < -0.3 is 0 Å². The normalized spacial score (nSPS) is 18.1. The quantitative estimate of drug-likeness (QED) is 0.724. The fourth-order valence-corrected chi connectivity index (χ4v) is 2.02. The predicted molar refractivity (Wildman–Crippen MR) is 62.6 cm³/mol. The summed E-state index contributed by atoms with van der Waals surface area (Å²) in [5.74, 6) is 1.10. The van der Waals surface area contributed by atoms with Gasteiger partial charge in [-0.1, -0.05) is 13.8 Å². The molecule has 0 spiro atoms. The lowest BCUT2D eigenvalue weighted by atomic mass is 9.86. The van der Waals surface area contributed by atoms with E-state index in [0.29, 0.717) is 11.7 Å². The van der Waals surface area contributed by atoms with Crippen LogP contribution in [0.1, 0.15) is 44.9 Å². The molecule has 0 bridgehead atoms. The second-order valence-electron chi connectivity index (χ2n) is 5.15. The molecule has 1 aliphatic rings. The molecule has 1 aromatic heterocycles. The van der Waals surface area contributed by atoms with E-state index in [1.807, 2.05) is 19.9 Å². The first-order valence-corrected chi connectivity index (χ1v) is 5.52. The molecule has 4 nitrogen and oxygen atoms in total. The minimum absolute atomic E-state index is 0.0812. The Hall–Kier alpha value is -1.45. The summed E-state index contributed by atoms with van der Waals surface area (Å²) in [6.45, 7) is 8.01. The van der Waals surface area contributed by atoms with Gasteiger partial charge >= 0.3 is 0 Å². The van der Waals surface area contributed by atoms with E-state index in [1.54, 1.807) is 11.9 Å². The predicted octanol–water partition coefficient (Wildman–Crippen LogP) is 1.85. The van der Waals surface area contributed by atoms with Crippen LogP contribution in [-0.4, -0.2) is 23.2 Å². The number of anilines is 1. The molecule has 0 N–H and O–H groups in total. The van der Waals surface area contributed by atoms with Crippen LogP contribution in [0, 0.1) is 0 Å². The molecule has 1 aliphatic heterocycles. The number of hydrogen-bond donors (Lipinski definition) is 0. The number of carbonyl (C=O) groups is 1. The second-order valence-corrected chi connectivity index (χ2v) is 5.15. The topological polar surface area (TPSA) is 46.1 Å². The number of rotatable bonds is 1. The Morgan fingerprint density at radius 3 is 2.50 bits per heavy atom. The van der Waals surface area contributed by atoms with E-state index in [4.69, 9.17) is 0 Å². The summed E-state index contributed by atoms with van der Waals surface area (Å²) in [6.07, 6.45) is 0. The Bertz CT molecular complexity index is 452. The van der Waals surface area contributed by atoms with Crippen LogP contribution < -0.4 is 4.90 Å². The fraction of sp³-hybridized carbons (Fsp3) is 0.583. The van der Waals surface area contributed by atoms with Gasteiger partial charge in [0.2, 0.25) is 5.91 Å². The largest absolute Gasteiger partial charge is 0.297 e. The van der Waals surface area contributed by atoms with Gasteiger partial charge in [-0.2, -0.15) is 5.10 Å². The van der Waals surface area contributed by atoms with Crippen LogP contribution in [0.3, 0.4) is 0 Å². The summed E-state index contributed by atoms with van der Waals surface area (Å²) in [5, 5.41) is 8.32. The summed E-state index contributed by atoms with van der Waals surface area (Å²) in [7, 11) is 1.75. The molecule has 1 amide bonds. The molecule has 0 atom stereocenters. The lowest BCUT2D eigenvalue weighted by Gasteiger charge is -2.16. The molecule has 0 aliphatic carbocycles. The van der Waals surface area contributed by atoms with E-state index in [1.165, 1.54) is 0 Å². The third-order valence-electron chi connectivity index (χ3n) is 3.22. The van der Waals surface area contributed by atoms with Gasteiger partial charge in [-0.05, 0) is 25.8 Å². The van der Waals surface area contributed by atoms with Gasteiger partial charge in [0.05, 0.1) is 11.1 Å². The van der Waals surface area contributed by atoms with Gasteiger partial charge in [0, 0.05) is 12.6 Å². The van der Waals surface area contributed by atoms with Crippen molar-refractivity contribution in [3.8, 4) is 0 Å². The molecule has 0 fully saturated rings. The highest BCUT2D eigenvalue weighted by Gasteiger charge is 2.43. The Morgan fingerprint density at radius 2 is 1.94 bits per heavy atom. The van der Waals surface area contributed by atoms with Crippen molar-refractivity contribution in [2.45, 2.75) is 39.0 Å². The molecule has 0 saturated carbocycles. The average Bonchev–Trinajstić information content (AvgIpc) is 2.40. The smallest absolute Gasteiger partial charge is 0.238 e. The summed E-state index contributed by atoms with van der Waals surface area (Å²) >= 11 is 0. The van der Waals surface area contributed by atoms with Crippen LogP contribution in [0.4, 0.5) is 5.82 Å². The molecule has 0 unspecified atom stereocenters. The zero-order chi connectivity index (χ0) is 12.1. The number of carbonyl (C=O) groups excluding carboxylic acids is 1. The third-order valence-corrected chi connectivity index (χ3v) is 3.22. The number of aromatic nitrogens is 2. The number of amides is 1. The minimum Gasteiger partial charge on any atom is -0.297 e. The highest BCUT2D eigenvalue weighted by Crippen LogP contribution is 2.39. The molecule has 0 saturated heterocycles. The first kappa shape index (κ1) is 11.0. The lowest BCUT2D eigenvalue weighted by molar-refractivity contribution is -0.121. The standard InChI is InChI=1S/C12H17N3O/c1-7(2)9-6-8-10(14-13-9)15(5)11(16)12(8,3)4/h6-7H,1-5H3. The van der Waals surface area contributed by atoms with Crippen LogP contribution in [0.25, 0.3) is 0 Å². The van der Waals surface area contributed by atoms with E-state index >= 15 is 0 Å². The van der Waals surface area contributed by atoms with Gasteiger partial charge in [-0.15, -0.1) is 5.10 Å². The van der Waals surface area contributed by atoms with Crippen molar-refractivity contribution in [2.75, 3.05) is 11.9 Å². The fourth-order valence-electron chi connectivity index (χ4n) is 2.02. The summed E-state index contributed by atoms with van der Waals surface area (Å²) in [6, 6.07) is 2.01. The van der Waals surface area contributed by atoms with Crippen molar-refractivity contribution in [1.29, 1.82) is 0 Å². The molecule has 1 aromatic rings. The van der Waals surface area contributed by atoms with Gasteiger partial charge in [0.25, 0.3) is 0 Å². The first-order valence-electron chi connectivity index (χ1n) is 5.52.